The first-order chi connectivity index (χ1) is 3.31. The highest BCUT2D eigenvalue weighted by atomic mass is 15.1. The van der Waals surface area contributed by atoms with Crippen molar-refractivity contribution in [2.75, 3.05) is 13.7 Å². The minimum absolute atomic E-state index is 0.324. The van der Waals surface area contributed by atoms with Gasteiger partial charge >= 0.3 is 0 Å². The second-order valence-corrected chi connectivity index (χ2v) is 1.42. The van der Waals surface area contributed by atoms with Gasteiger partial charge in [0.05, 0.1) is 6.17 Å². The maximum atomic E-state index is 5.15. The zero-order chi connectivity index (χ0) is 5.70. The number of rotatable bonds is 3. The van der Waals surface area contributed by atoms with Gasteiger partial charge in [0.2, 0.25) is 0 Å². The quantitative estimate of drug-likeness (QED) is 0.404. The van der Waals surface area contributed by atoms with Gasteiger partial charge in [-0.25, -0.2) is 0 Å². The lowest BCUT2D eigenvalue weighted by Crippen LogP contribution is -2.40. The Kier molecular flexibility index (Phi) is 3.98. The molecule has 0 saturated carbocycles. The van der Waals surface area contributed by atoms with Crippen molar-refractivity contribution < 1.29 is 0 Å². The van der Waals surface area contributed by atoms with Crippen LogP contribution in [0.4, 0.5) is 0 Å². The van der Waals surface area contributed by atoms with E-state index in [1.54, 1.807) is 0 Å². The summed E-state index contributed by atoms with van der Waals surface area (Å²) >= 11 is 0. The molecule has 4 N–H and O–H groups in total. The Morgan fingerprint density at radius 1 is 1.71 bits per heavy atom. The van der Waals surface area contributed by atoms with Gasteiger partial charge in [0.1, 0.15) is 0 Å². The Balaban J connectivity index is 2.83. The van der Waals surface area contributed by atoms with Crippen LogP contribution >= 0.6 is 0 Å². The molecule has 0 aliphatic heterocycles. The van der Waals surface area contributed by atoms with E-state index in [4.69, 9.17) is 5.73 Å². The van der Waals surface area contributed by atoms with Gasteiger partial charge in [-0.2, -0.15) is 0 Å². The smallest absolute Gasteiger partial charge is 0.0549 e. The molecule has 3 heteroatoms. The Morgan fingerprint density at radius 2 is 2.29 bits per heavy atom. The van der Waals surface area contributed by atoms with E-state index < -0.39 is 0 Å². The first kappa shape index (κ1) is 6.88. The van der Waals surface area contributed by atoms with Crippen molar-refractivity contribution in [3.05, 3.63) is 0 Å². The molecule has 0 rings (SSSR count). The second-order valence-electron chi connectivity index (χ2n) is 1.42. The number of nitrogens with two attached hydrogens (primary N) is 1. The maximum Gasteiger partial charge on any atom is 0.0549 e. The third-order valence-electron chi connectivity index (χ3n) is 0.857. The summed E-state index contributed by atoms with van der Waals surface area (Å²) in [6, 6.07) is 0. The molecule has 0 aromatic rings. The van der Waals surface area contributed by atoms with E-state index in [2.05, 4.69) is 10.6 Å². The molecule has 0 bridgehead atoms. The van der Waals surface area contributed by atoms with Crippen molar-refractivity contribution in [1.82, 2.24) is 10.6 Å². The van der Waals surface area contributed by atoms with Crippen LogP contribution in [0.15, 0.2) is 0 Å². The SMILES string of the molecule is CNC(C)NCN. The summed E-state index contributed by atoms with van der Waals surface area (Å²) in [6.07, 6.45) is 0.324. The van der Waals surface area contributed by atoms with Crippen molar-refractivity contribution in [1.29, 1.82) is 0 Å². The number of hydrogen-bond acceptors (Lipinski definition) is 3. The van der Waals surface area contributed by atoms with E-state index in [0.717, 1.165) is 0 Å². The van der Waals surface area contributed by atoms with Crippen molar-refractivity contribution in [3.8, 4) is 0 Å². The summed E-state index contributed by atoms with van der Waals surface area (Å²) in [5.74, 6) is 0. The van der Waals surface area contributed by atoms with Crippen molar-refractivity contribution >= 4 is 0 Å². The summed E-state index contributed by atoms with van der Waals surface area (Å²) in [5, 5.41) is 5.94. The van der Waals surface area contributed by atoms with Crippen LogP contribution in [0.2, 0.25) is 0 Å². The normalized spacial score (nSPS) is 14.1. The second kappa shape index (κ2) is 4.05. The minimum Gasteiger partial charge on any atom is -0.318 e. The Morgan fingerprint density at radius 3 is 2.43 bits per heavy atom. The van der Waals surface area contributed by atoms with Gasteiger partial charge in [0, 0.05) is 6.67 Å². The molecule has 0 aromatic carbocycles. The van der Waals surface area contributed by atoms with E-state index in [1.807, 2.05) is 14.0 Å². The predicted molar refractivity (Wildman–Crippen MR) is 30.7 cm³/mol. The first-order valence-electron chi connectivity index (χ1n) is 2.42. The lowest BCUT2D eigenvalue weighted by atomic mass is 10.6. The standard InChI is InChI=1S/C4H13N3/c1-4(6-2)7-3-5/h4,6-7H,3,5H2,1-2H3. The molecular formula is C4H13N3. The van der Waals surface area contributed by atoms with E-state index in [-0.39, 0.29) is 0 Å². The predicted octanol–water partition coefficient (Wildman–Crippen LogP) is -0.942. The van der Waals surface area contributed by atoms with Crippen LogP contribution in [0.5, 0.6) is 0 Å². The van der Waals surface area contributed by atoms with Gasteiger partial charge in [-0.3, -0.25) is 5.32 Å². The highest BCUT2D eigenvalue weighted by Gasteiger charge is 1.88. The lowest BCUT2D eigenvalue weighted by Gasteiger charge is -2.08. The summed E-state index contributed by atoms with van der Waals surface area (Å²) in [6.45, 7) is 2.54. The van der Waals surface area contributed by atoms with Crippen molar-refractivity contribution in [2.24, 2.45) is 5.73 Å². The Labute approximate surface area is 44.3 Å². The zero-order valence-electron chi connectivity index (χ0n) is 4.86. The van der Waals surface area contributed by atoms with Crippen LogP contribution in [0.3, 0.4) is 0 Å². The molecular weight excluding hydrogens is 90.1 g/mol. The third kappa shape index (κ3) is 3.72. The fourth-order valence-electron chi connectivity index (χ4n) is 0.279. The molecule has 0 heterocycles. The Bertz CT molecular complexity index is 37.9. The molecule has 0 aliphatic rings. The van der Waals surface area contributed by atoms with E-state index in [0.29, 0.717) is 12.8 Å². The van der Waals surface area contributed by atoms with E-state index in [1.165, 1.54) is 0 Å². The molecule has 1 unspecified atom stereocenters. The highest BCUT2D eigenvalue weighted by Crippen LogP contribution is 1.63. The van der Waals surface area contributed by atoms with Gasteiger partial charge in [-0.15, -0.1) is 0 Å². The molecule has 0 saturated heterocycles. The van der Waals surface area contributed by atoms with Crippen molar-refractivity contribution in [3.63, 3.8) is 0 Å². The molecule has 7 heavy (non-hydrogen) atoms. The van der Waals surface area contributed by atoms with Crippen molar-refractivity contribution in [2.45, 2.75) is 13.1 Å². The lowest BCUT2D eigenvalue weighted by molar-refractivity contribution is 0.499. The minimum atomic E-state index is 0.324. The van der Waals surface area contributed by atoms with Gasteiger partial charge in [0.15, 0.2) is 0 Å². The van der Waals surface area contributed by atoms with Crippen LogP contribution in [-0.2, 0) is 0 Å². The topological polar surface area (TPSA) is 50.1 Å². The summed E-state index contributed by atoms with van der Waals surface area (Å²) in [5.41, 5.74) is 5.15. The van der Waals surface area contributed by atoms with Gasteiger partial charge in [0.25, 0.3) is 0 Å². The molecule has 0 radical (unpaired) electrons. The van der Waals surface area contributed by atoms with Crippen LogP contribution in [0, 0.1) is 0 Å². The number of nitrogens with one attached hydrogen (secondary N) is 2. The molecule has 44 valence electrons. The average molecular weight is 103 g/mol. The average Bonchev–Trinajstić information content (AvgIpc) is 1.68. The largest absolute Gasteiger partial charge is 0.318 e. The maximum absolute atomic E-state index is 5.15. The fourth-order valence-corrected chi connectivity index (χ4v) is 0.279. The Hall–Kier alpha value is -0.120. The van der Waals surface area contributed by atoms with Gasteiger partial charge in [-0.05, 0) is 14.0 Å². The zero-order valence-corrected chi connectivity index (χ0v) is 4.86. The van der Waals surface area contributed by atoms with Gasteiger partial charge < -0.3 is 11.1 Å². The molecule has 1 atom stereocenters. The summed E-state index contributed by atoms with van der Waals surface area (Å²) in [4.78, 5) is 0. The molecule has 0 spiro atoms. The molecule has 0 aromatic heterocycles. The molecule has 3 nitrogen and oxygen atoms in total. The van der Waals surface area contributed by atoms with Crippen LogP contribution < -0.4 is 16.4 Å². The van der Waals surface area contributed by atoms with E-state index >= 15 is 0 Å². The van der Waals surface area contributed by atoms with Crippen LogP contribution in [0.25, 0.3) is 0 Å². The number of hydrogen-bond donors (Lipinski definition) is 3. The van der Waals surface area contributed by atoms with Crippen LogP contribution in [-0.4, -0.2) is 19.9 Å². The summed E-state index contributed by atoms with van der Waals surface area (Å²) < 4.78 is 0. The van der Waals surface area contributed by atoms with E-state index in [9.17, 15) is 0 Å². The molecule has 0 fully saturated rings. The third-order valence-corrected chi connectivity index (χ3v) is 0.857. The summed E-state index contributed by atoms with van der Waals surface area (Å²) in [7, 11) is 1.88. The molecule has 0 amide bonds. The van der Waals surface area contributed by atoms with Crippen LogP contribution in [0.1, 0.15) is 6.92 Å². The van der Waals surface area contributed by atoms with Gasteiger partial charge in [-0.1, -0.05) is 0 Å². The highest BCUT2D eigenvalue weighted by molar-refractivity contribution is 4.48. The molecule has 0 aliphatic carbocycles. The monoisotopic (exact) mass is 103 g/mol. The fraction of sp³-hybridized carbons (Fsp3) is 1.00. The first-order valence-corrected chi connectivity index (χ1v) is 2.42.